The van der Waals surface area contributed by atoms with E-state index in [-0.39, 0.29) is 36.8 Å². The van der Waals surface area contributed by atoms with Crippen molar-refractivity contribution in [2.45, 2.75) is 18.2 Å². The molecule has 0 spiro atoms. The number of piperazine rings is 1. The van der Waals surface area contributed by atoms with Crippen LogP contribution in [-0.2, 0) is 20.0 Å². The molecule has 124 valence electrons. The summed E-state index contributed by atoms with van der Waals surface area (Å²) < 4.78 is 64.5. The van der Waals surface area contributed by atoms with Crippen molar-refractivity contribution in [2.75, 3.05) is 31.9 Å². The third-order valence-electron chi connectivity index (χ3n) is 3.49. The van der Waals surface area contributed by atoms with E-state index in [4.69, 9.17) is 0 Å². The van der Waals surface area contributed by atoms with Gasteiger partial charge in [0.25, 0.3) is 0 Å². The van der Waals surface area contributed by atoms with E-state index in [1.807, 2.05) is 0 Å². The van der Waals surface area contributed by atoms with E-state index in [9.17, 15) is 21.2 Å². The van der Waals surface area contributed by atoms with E-state index >= 15 is 0 Å². The second-order valence-corrected chi connectivity index (χ2v) is 9.10. The minimum atomic E-state index is -3.79. The maximum absolute atomic E-state index is 13.2. The minimum absolute atomic E-state index is 0.0592. The van der Waals surface area contributed by atoms with Gasteiger partial charge in [0.2, 0.25) is 20.0 Å². The van der Waals surface area contributed by atoms with Gasteiger partial charge < -0.3 is 0 Å². The Hall–Kier alpha value is -1.03. The molecule has 0 unspecified atom stereocenters. The highest BCUT2D eigenvalue weighted by Gasteiger charge is 2.32. The quantitative estimate of drug-likeness (QED) is 0.790. The molecule has 0 radical (unpaired) electrons. The lowest BCUT2D eigenvalue weighted by molar-refractivity contribution is 0.272. The summed E-state index contributed by atoms with van der Waals surface area (Å²) in [5.74, 6) is -0.561. The van der Waals surface area contributed by atoms with Crippen LogP contribution >= 0.6 is 0 Å². The summed E-state index contributed by atoms with van der Waals surface area (Å²) in [5, 5.41) is 0. The molecule has 1 heterocycles. The zero-order valence-corrected chi connectivity index (χ0v) is 13.9. The van der Waals surface area contributed by atoms with Gasteiger partial charge in [-0.3, -0.25) is 0 Å². The lowest BCUT2D eigenvalue weighted by atomic mass is 10.4. The van der Waals surface area contributed by atoms with E-state index in [1.165, 1.54) is 26.8 Å². The first-order valence-corrected chi connectivity index (χ1v) is 10.1. The number of hydrogen-bond acceptors (Lipinski definition) is 4. The smallest absolute Gasteiger partial charge is 0.212 e. The van der Waals surface area contributed by atoms with Crippen LogP contribution in [0, 0.1) is 5.82 Å². The van der Waals surface area contributed by atoms with Gasteiger partial charge in [-0.15, -0.1) is 0 Å². The van der Waals surface area contributed by atoms with Crippen molar-refractivity contribution >= 4 is 20.0 Å². The number of halogens is 1. The standard InChI is InChI=1S/C13H19FN2O4S2/c1-2-10-21(17,18)15-6-8-16(9-7-15)22(19,20)13-5-3-4-12(14)11-13/h3-5,11H,2,6-10H2,1H3. The lowest BCUT2D eigenvalue weighted by Gasteiger charge is -2.33. The fourth-order valence-electron chi connectivity index (χ4n) is 2.35. The molecule has 0 aliphatic carbocycles. The maximum atomic E-state index is 13.2. The molecule has 0 aromatic heterocycles. The number of sulfonamides is 2. The third kappa shape index (κ3) is 3.65. The van der Waals surface area contributed by atoms with Gasteiger partial charge in [0.05, 0.1) is 10.6 Å². The molecule has 1 aliphatic rings. The summed E-state index contributed by atoms with van der Waals surface area (Å²) in [6, 6.07) is 4.81. The van der Waals surface area contributed by atoms with E-state index in [1.54, 1.807) is 6.92 Å². The van der Waals surface area contributed by atoms with E-state index in [0.717, 1.165) is 6.07 Å². The van der Waals surface area contributed by atoms with Gasteiger partial charge in [-0.2, -0.15) is 8.61 Å². The average molecular weight is 350 g/mol. The Morgan fingerprint density at radius 1 is 1.05 bits per heavy atom. The molecule has 0 bridgehead atoms. The molecule has 0 amide bonds. The molecule has 0 atom stereocenters. The predicted molar refractivity (Wildman–Crippen MR) is 80.8 cm³/mol. The van der Waals surface area contributed by atoms with Crippen molar-refractivity contribution in [3.05, 3.63) is 30.1 Å². The summed E-state index contributed by atoms with van der Waals surface area (Å²) in [6.45, 7) is 2.17. The van der Waals surface area contributed by atoms with Crippen molar-refractivity contribution in [3.8, 4) is 0 Å². The summed E-state index contributed by atoms with van der Waals surface area (Å²) in [6.07, 6.45) is 0.518. The fraction of sp³-hybridized carbons (Fsp3) is 0.538. The van der Waals surface area contributed by atoms with E-state index in [2.05, 4.69) is 0 Å². The molecule has 2 rings (SSSR count). The van der Waals surface area contributed by atoms with E-state index in [0.29, 0.717) is 6.42 Å². The largest absolute Gasteiger partial charge is 0.243 e. The molecule has 1 saturated heterocycles. The molecular weight excluding hydrogens is 331 g/mol. The second kappa shape index (κ2) is 6.61. The summed E-state index contributed by atoms with van der Waals surface area (Å²) in [7, 11) is -7.12. The first-order chi connectivity index (χ1) is 10.3. The normalized spacial score (nSPS) is 18.5. The Bertz CT molecular complexity index is 726. The molecule has 6 nitrogen and oxygen atoms in total. The van der Waals surface area contributed by atoms with Crippen LogP contribution in [-0.4, -0.2) is 57.4 Å². The zero-order chi connectivity index (χ0) is 16.4. The molecule has 0 saturated carbocycles. The highest BCUT2D eigenvalue weighted by Crippen LogP contribution is 2.19. The number of rotatable bonds is 5. The summed E-state index contributed by atoms with van der Waals surface area (Å²) in [5.41, 5.74) is 0. The molecule has 0 N–H and O–H groups in total. The highest BCUT2D eigenvalue weighted by molar-refractivity contribution is 7.89. The molecule has 22 heavy (non-hydrogen) atoms. The highest BCUT2D eigenvalue weighted by atomic mass is 32.2. The first-order valence-electron chi connectivity index (χ1n) is 7.01. The Balaban J connectivity index is 2.11. The van der Waals surface area contributed by atoms with Crippen LogP contribution in [0.3, 0.4) is 0 Å². The van der Waals surface area contributed by atoms with Crippen molar-refractivity contribution in [2.24, 2.45) is 0 Å². The average Bonchev–Trinajstić information content (AvgIpc) is 2.47. The van der Waals surface area contributed by atoms with Crippen molar-refractivity contribution < 1.29 is 21.2 Å². The van der Waals surface area contributed by atoms with Crippen molar-refractivity contribution in [1.82, 2.24) is 8.61 Å². The molecule has 1 aromatic carbocycles. The molecule has 1 aliphatic heterocycles. The topological polar surface area (TPSA) is 74.8 Å². The Morgan fingerprint density at radius 2 is 1.64 bits per heavy atom. The Kier molecular flexibility index (Phi) is 5.21. The lowest BCUT2D eigenvalue weighted by Crippen LogP contribution is -2.50. The molecule has 1 fully saturated rings. The monoisotopic (exact) mass is 350 g/mol. The van der Waals surface area contributed by atoms with Crippen LogP contribution in [0.25, 0.3) is 0 Å². The van der Waals surface area contributed by atoms with Crippen LogP contribution in [0.2, 0.25) is 0 Å². The number of hydrogen-bond donors (Lipinski definition) is 0. The van der Waals surface area contributed by atoms with Gasteiger partial charge in [-0.1, -0.05) is 13.0 Å². The van der Waals surface area contributed by atoms with Gasteiger partial charge >= 0.3 is 0 Å². The fourth-order valence-corrected chi connectivity index (χ4v) is 5.30. The van der Waals surface area contributed by atoms with Gasteiger partial charge in [0.15, 0.2) is 0 Å². The van der Waals surface area contributed by atoms with Crippen LogP contribution in [0.15, 0.2) is 29.2 Å². The van der Waals surface area contributed by atoms with Crippen molar-refractivity contribution in [3.63, 3.8) is 0 Å². The van der Waals surface area contributed by atoms with Crippen molar-refractivity contribution in [1.29, 1.82) is 0 Å². The maximum Gasteiger partial charge on any atom is 0.243 e. The Morgan fingerprint density at radius 3 is 2.18 bits per heavy atom. The molecular formula is C13H19FN2O4S2. The number of benzene rings is 1. The summed E-state index contributed by atoms with van der Waals surface area (Å²) >= 11 is 0. The first kappa shape index (κ1) is 17.3. The minimum Gasteiger partial charge on any atom is -0.212 e. The zero-order valence-electron chi connectivity index (χ0n) is 12.3. The second-order valence-electron chi connectivity index (χ2n) is 5.08. The molecule has 1 aromatic rings. The predicted octanol–water partition coefficient (Wildman–Crippen LogP) is 0.872. The van der Waals surface area contributed by atoms with E-state index < -0.39 is 25.9 Å². The Labute approximate surface area is 130 Å². The molecule has 9 heteroatoms. The number of nitrogens with zero attached hydrogens (tertiary/aromatic N) is 2. The van der Waals surface area contributed by atoms with Gasteiger partial charge in [0.1, 0.15) is 5.82 Å². The van der Waals surface area contributed by atoms with Crippen LogP contribution in [0.5, 0.6) is 0 Å². The van der Waals surface area contributed by atoms with Gasteiger partial charge in [-0.25, -0.2) is 21.2 Å². The van der Waals surface area contributed by atoms with Crippen LogP contribution in [0.4, 0.5) is 4.39 Å². The third-order valence-corrected chi connectivity index (χ3v) is 7.46. The van der Waals surface area contributed by atoms with Gasteiger partial charge in [0, 0.05) is 26.2 Å². The summed E-state index contributed by atoms with van der Waals surface area (Å²) in [4.78, 5) is -0.114. The van der Waals surface area contributed by atoms with Crippen LogP contribution < -0.4 is 0 Å². The SMILES string of the molecule is CCCS(=O)(=O)N1CCN(S(=O)(=O)c2cccc(F)c2)CC1. The van der Waals surface area contributed by atoms with Gasteiger partial charge in [-0.05, 0) is 24.6 Å². The van der Waals surface area contributed by atoms with Crippen LogP contribution in [0.1, 0.15) is 13.3 Å².